The molecule has 3 aromatic carbocycles. The molecule has 0 atom stereocenters. The molecule has 0 spiro atoms. The minimum atomic E-state index is -0.657. The molecule has 0 aromatic heterocycles. The van der Waals surface area contributed by atoms with Crippen molar-refractivity contribution >= 4 is 47.2 Å². The van der Waals surface area contributed by atoms with Crippen molar-refractivity contribution in [2.24, 2.45) is 5.10 Å². The van der Waals surface area contributed by atoms with Gasteiger partial charge in [0.1, 0.15) is 11.6 Å². The SMILES string of the molecule is O=C(CNC(=O)c1ccc(F)cc1)N/N=C/c1cccc(OC(=O)c2ccc(Cl)cc2Cl)c1. The highest BCUT2D eigenvalue weighted by Crippen LogP contribution is 2.23. The highest BCUT2D eigenvalue weighted by molar-refractivity contribution is 6.36. The number of nitrogens with zero attached hydrogens (tertiary/aromatic N) is 1. The van der Waals surface area contributed by atoms with E-state index in [1.165, 1.54) is 42.6 Å². The Morgan fingerprint density at radius 1 is 1.00 bits per heavy atom. The minimum absolute atomic E-state index is 0.162. The summed E-state index contributed by atoms with van der Waals surface area (Å²) in [7, 11) is 0. The predicted octanol–water partition coefficient (Wildman–Crippen LogP) is 4.23. The van der Waals surface area contributed by atoms with Crippen LogP contribution in [0.1, 0.15) is 26.3 Å². The summed E-state index contributed by atoms with van der Waals surface area (Å²) in [6.07, 6.45) is 1.34. The Balaban J connectivity index is 1.51. The van der Waals surface area contributed by atoms with Gasteiger partial charge in [0.2, 0.25) is 0 Å². The summed E-state index contributed by atoms with van der Waals surface area (Å²) < 4.78 is 18.2. The van der Waals surface area contributed by atoms with Gasteiger partial charge in [-0.1, -0.05) is 35.3 Å². The van der Waals surface area contributed by atoms with Crippen LogP contribution in [0.4, 0.5) is 4.39 Å². The topological polar surface area (TPSA) is 96.9 Å². The summed E-state index contributed by atoms with van der Waals surface area (Å²) in [4.78, 5) is 36.1. The Morgan fingerprint density at radius 2 is 1.76 bits per heavy atom. The number of hydrogen-bond donors (Lipinski definition) is 2. The molecule has 0 fully saturated rings. The fourth-order valence-electron chi connectivity index (χ4n) is 2.56. The highest BCUT2D eigenvalue weighted by Gasteiger charge is 2.13. The zero-order chi connectivity index (χ0) is 23.8. The van der Waals surface area contributed by atoms with Gasteiger partial charge in [0, 0.05) is 10.6 Å². The highest BCUT2D eigenvalue weighted by atomic mass is 35.5. The molecule has 2 N–H and O–H groups in total. The number of rotatable bonds is 7. The number of esters is 1. The largest absolute Gasteiger partial charge is 0.423 e. The first kappa shape index (κ1) is 23.9. The number of hydrazone groups is 1. The van der Waals surface area contributed by atoms with Crippen molar-refractivity contribution in [3.05, 3.63) is 99.3 Å². The second-order valence-corrected chi connectivity index (χ2v) is 7.41. The first-order valence-corrected chi connectivity index (χ1v) is 10.2. The van der Waals surface area contributed by atoms with Crippen LogP contribution >= 0.6 is 23.2 Å². The monoisotopic (exact) mass is 487 g/mol. The van der Waals surface area contributed by atoms with Crippen molar-refractivity contribution in [3.8, 4) is 5.75 Å². The number of benzene rings is 3. The van der Waals surface area contributed by atoms with E-state index in [-0.39, 0.29) is 28.4 Å². The van der Waals surface area contributed by atoms with E-state index >= 15 is 0 Å². The van der Waals surface area contributed by atoms with Crippen molar-refractivity contribution in [2.45, 2.75) is 0 Å². The van der Waals surface area contributed by atoms with Crippen LogP contribution in [0.15, 0.2) is 71.8 Å². The van der Waals surface area contributed by atoms with Gasteiger partial charge in [0.25, 0.3) is 11.8 Å². The van der Waals surface area contributed by atoms with Crippen molar-refractivity contribution in [2.75, 3.05) is 6.54 Å². The number of halogens is 3. The number of hydrogen-bond acceptors (Lipinski definition) is 5. The molecule has 0 saturated heterocycles. The summed E-state index contributed by atoms with van der Waals surface area (Å²) in [6.45, 7) is -0.326. The van der Waals surface area contributed by atoms with Gasteiger partial charge in [0.15, 0.2) is 0 Å². The van der Waals surface area contributed by atoms with Crippen LogP contribution in [0, 0.1) is 5.82 Å². The fourth-order valence-corrected chi connectivity index (χ4v) is 3.04. The molecule has 0 unspecified atom stereocenters. The van der Waals surface area contributed by atoms with Gasteiger partial charge in [-0.15, -0.1) is 0 Å². The lowest BCUT2D eigenvalue weighted by Gasteiger charge is -2.07. The van der Waals surface area contributed by atoms with Gasteiger partial charge in [-0.2, -0.15) is 5.10 Å². The van der Waals surface area contributed by atoms with E-state index in [1.807, 2.05) is 0 Å². The van der Waals surface area contributed by atoms with Gasteiger partial charge < -0.3 is 10.1 Å². The van der Waals surface area contributed by atoms with Gasteiger partial charge in [-0.3, -0.25) is 9.59 Å². The lowest BCUT2D eigenvalue weighted by Crippen LogP contribution is -2.34. The zero-order valence-corrected chi connectivity index (χ0v) is 18.4. The number of carbonyl (C=O) groups is 3. The zero-order valence-electron chi connectivity index (χ0n) is 16.8. The first-order chi connectivity index (χ1) is 15.8. The summed E-state index contributed by atoms with van der Waals surface area (Å²) in [5, 5.41) is 6.76. The fraction of sp³-hybridized carbons (Fsp3) is 0.0435. The third-order valence-electron chi connectivity index (χ3n) is 4.14. The van der Waals surface area contributed by atoms with E-state index in [0.29, 0.717) is 10.6 Å². The van der Waals surface area contributed by atoms with Crippen molar-refractivity contribution in [1.29, 1.82) is 0 Å². The van der Waals surface area contributed by atoms with Crippen molar-refractivity contribution < 1.29 is 23.5 Å². The van der Waals surface area contributed by atoms with Crippen LogP contribution in [-0.4, -0.2) is 30.5 Å². The van der Waals surface area contributed by atoms with E-state index in [2.05, 4.69) is 15.8 Å². The Hall–Kier alpha value is -3.75. The van der Waals surface area contributed by atoms with E-state index < -0.39 is 23.6 Å². The molecule has 3 aromatic rings. The smallest absolute Gasteiger partial charge is 0.345 e. The van der Waals surface area contributed by atoms with Crippen LogP contribution in [0.2, 0.25) is 10.0 Å². The molecule has 168 valence electrons. The molecule has 3 rings (SSSR count). The lowest BCUT2D eigenvalue weighted by atomic mass is 10.2. The third kappa shape index (κ3) is 7.13. The Morgan fingerprint density at radius 3 is 2.48 bits per heavy atom. The van der Waals surface area contributed by atoms with Crippen LogP contribution in [0.5, 0.6) is 5.75 Å². The number of carbonyl (C=O) groups excluding carboxylic acids is 3. The number of ether oxygens (including phenoxy) is 1. The summed E-state index contributed by atoms with van der Waals surface area (Å²) in [5.74, 6) is -1.97. The molecule has 10 heteroatoms. The average Bonchev–Trinajstić information content (AvgIpc) is 2.78. The van der Waals surface area contributed by atoms with Crippen LogP contribution in [0.25, 0.3) is 0 Å². The van der Waals surface area contributed by atoms with Crippen molar-refractivity contribution in [3.63, 3.8) is 0 Å². The van der Waals surface area contributed by atoms with Crippen molar-refractivity contribution in [1.82, 2.24) is 10.7 Å². The summed E-state index contributed by atoms with van der Waals surface area (Å²) in [5.41, 5.74) is 3.19. The second-order valence-electron chi connectivity index (χ2n) is 6.57. The van der Waals surface area contributed by atoms with E-state index in [0.717, 1.165) is 12.1 Å². The molecule has 33 heavy (non-hydrogen) atoms. The first-order valence-electron chi connectivity index (χ1n) is 9.45. The Bertz CT molecular complexity index is 1220. The maximum atomic E-state index is 12.9. The molecule has 0 aliphatic carbocycles. The van der Waals surface area contributed by atoms with Crippen LogP contribution in [-0.2, 0) is 4.79 Å². The molecule has 0 bridgehead atoms. The van der Waals surface area contributed by atoms with E-state index in [1.54, 1.807) is 18.2 Å². The molecule has 0 heterocycles. The predicted molar refractivity (Wildman–Crippen MR) is 122 cm³/mol. The van der Waals surface area contributed by atoms with Gasteiger partial charge in [0.05, 0.1) is 23.3 Å². The molecule has 0 radical (unpaired) electrons. The summed E-state index contributed by atoms with van der Waals surface area (Å²) >= 11 is 11.8. The molecule has 7 nitrogen and oxygen atoms in total. The minimum Gasteiger partial charge on any atom is -0.423 e. The van der Waals surface area contributed by atoms with E-state index in [9.17, 15) is 18.8 Å². The number of amides is 2. The standard InChI is InChI=1S/C23H16Cl2FN3O4/c24-16-6-9-19(20(25)11-16)23(32)33-18-3-1-2-14(10-18)12-28-29-21(30)13-27-22(31)15-4-7-17(26)8-5-15/h1-12H,13H2,(H,27,31)(H,29,30)/b28-12+. The average molecular weight is 488 g/mol. The normalized spacial score (nSPS) is 10.6. The van der Waals surface area contributed by atoms with Gasteiger partial charge in [-0.05, 0) is 60.2 Å². The Labute approximate surface area is 198 Å². The summed E-state index contributed by atoms with van der Waals surface area (Å²) in [6, 6.07) is 15.8. The molecule has 2 amide bonds. The maximum absolute atomic E-state index is 12.9. The second kappa shape index (κ2) is 11.2. The molecular formula is C23H16Cl2FN3O4. The molecule has 0 saturated carbocycles. The Kier molecular flexibility index (Phi) is 8.12. The van der Waals surface area contributed by atoms with E-state index in [4.69, 9.17) is 27.9 Å². The van der Waals surface area contributed by atoms with Crippen LogP contribution in [0.3, 0.4) is 0 Å². The maximum Gasteiger partial charge on any atom is 0.345 e. The number of nitrogens with one attached hydrogen (secondary N) is 2. The van der Waals surface area contributed by atoms with Gasteiger partial charge in [-0.25, -0.2) is 14.6 Å². The molecular weight excluding hydrogens is 472 g/mol. The molecule has 0 aliphatic heterocycles. The van der Waals surface area contributed by atoms with Gasteiger partial charge >= 0.3 is 5.97 Å². The quantitative estimate of drug-likeness (QED) is 0.225. The van der Waals surface area contributed by atoms with Crippen LogP contribution < -0.4 is 15.5 Å². The molecule has 0 aliphatic rings. The third-order valence-corrected chi connectivity index (χ3v) is 4.69. The lowest BCUT2D eigenvalue weighted by molar-refractivity contribution is -0.120.